The molecule has 0 aliphatic heterocycles. The predicted molar refractivity (Wildman–Crippen MR) is 94.4 cm³/mol. The van der Waals surface area contributed by atoms with Gasteiger partial charge in [-0.2, -0.15) is 0 Å². The second-order valence-corrected chi connectivity index (χ2v) is 7.11. The third-order valence-electron chi connectivity index (χ3n) is 3.24. The van der Waals surface area contributed by atoms with E-state index in [1.54, 1.807) is 63.2 Å². The normalized spacial score (nSPS) is 11.2. The first-order valence-electron chi connectivity index (χ1n) is 7.10. The zero-order valence-electron chi connectivity index (χ0n) is 13.1. The van der Waals surface area contributed by atoms with Crippen molar-refractivity contribution in [1.82, 2.24) is 0 Å². The van der Waals surface area contributed by atoms with E-state index in [1.165, 1.54) is 0 Å². The van der Waals surface area contributed by atoms with Crippen molar-refractivity contribution in [3.8, 4) is 0 Å². The van der Waals surface area contributed by atoms with Crippen molar-refractivity contribution in [3.63, 3.8) is 0 Å². The maximum absolute atomic E-state index is 12.7. The van der Waals surface area contributed by atoms with Crippen LogP contribution < -0.4 is 5.32 Å². The minimum Gasteiger partial charge on any atom is -0.325 e. The summed E-state index contributed by atoms with van der Waals surface area (Å²) >= 11 is 12.0. The van der Waals surface area contributed by atoms with E-state index in [0.29, 0.717) is 26.9 Å². The molecule has 0 saturated carbocycles. The predicted octanol–water partition coefficient (Wildman–Crippen LogP) is 5.21. The molecule has 2 aromatic carbocycles. The Hall–Kier alpha value is -1.84. The van der Waals surface area contributed by atoms with Gasteiger partial charge in [-0.1, -0.05) is 56.1 Å². The fourth-order valence-electron chi connectivity index (χ4n) is 1.91. The molecule has 0 spiro atoms. The average Bonchev–Trinajstić information content (AvgIpc) is 2.47. The fourth-order valence-corrected chi connectivity index (χ4v) is 2.27. The van der Waals surface area contributed by atoms with Crippen LogP contribution in [0.25, 0.3) is 0 Å². The van der Waals surface area contributed by atoms with Gasteiger partial charge in [-0.15, -0.1) is 0 Å². The molecule has 0 heterocycles. The third kappa shape index (κ3) is 4.34. The molecule has 0 aromatic heterocycles. The molecule has 0 unspecified atom stereocenters. The quantitative estimate of drug-likeness (QED) is 0.773. The summed E-state index contributed by atoms with van der Waals surface area (Å²) in [5, 5.41) is 3.68. The topological polar surface area (TPSA) is 46.2 Å². The Morgan fingerprint density at radius 3 is 2.22 bits per heavy atom. The van der Waals surface area contributed by atoms with Gasteiger partial charge in [0.1, 0.15) is 0 Å². The number of amides is 1. The van der Waals surface area contributed by atoms with Gasteiger partial charge in [-0.3, -0.25) is 9.59 Å². The Bertz CT molecular complexity index is 764. The molecule has 0 bridgehead atoms. The maximum Gasteiger partial charge on any atom is 0.229 e. The van der Waals surface area contributed by atoms with Gasteiger partial charge in [0.05, 0.1) is 5.69 Å². The Morgan fingerprint density at radius 2 is 1.61 bits per heavy atom. The number of ketones is 1. The summed E-state index contributed by atoms with van der Waals surface area (Å²) in [6, 6.07) is 11.5. The second-order valence-electron chi connectivity index (χ2n) is 6.23. The van der Waals surface area contributed by atoms with Gasteiger partial charge in [0, 0.05) is 26.6 Å². The maximum atomic E-state index is 12.7. The van der Waals surface area contributed by atoms with E-state index in [1.807, 2.05) is 0 Å². The van der Waals surface area contributed by atoms with E-state index in [4.69, 9.17) is 23.2 Å². The Labute approximate surface area is 145 Å². The number of benzene rings is 2. The number of halogens is 2. The zero-order chi connectivity index (χ0) is 17.2. The minimum atomic E-state index is -0.573. The van der Waals surface area contributed by atoms with Crippen molar-refractivity contribution < 1.29 is 9.59 Å². The van der Waals surface area contributed by atoms with Crippen LogP contribution in [0, 0.1) is 5.41 Å². The first-order chi connectivity index (χ1) is 10.7. The van der Waals surface area contributed by atoms with Crippen LogP contribution in [-0.4, -0.2) is 11.7 Å². The number of rotatable bonds is 3. The summed E-state index contributed by atoms with van der Waals surface area (Å²) in [5.74, 6) is -0.431. The number of anilines is 1. The van der Waals surface area contributed by atoms with Crippen LogP contribution in [0.15, 0.2) is 42.5 Å². The lowest BCUT2D eigenvalue weighted by Crippen LogP contribution is -2.28. The molecule has 1 N–H and O–H groups in total. The van der Waals surface area contributed by atoms with Crippen LogP contribution in [0.4, 0.5) is 5.69 Å². The van der Waals surface area contributed by atoms with E-state index in [-0.39, 0.29) is 11.7 Å². The minimum absolute atomic E-state index is 0.181. The molecule has 2 rings (SSSR count). The van der Waals surface area contributed by atoms with Crippen molar-refractivity contribution in [2.75, 3.05) is 5.32 Å². The lowest BCUT2D eigenvalue weighted by molar-refractivity contribution is -0.123. The first-order valence-corrected chi connectivity index (χ1v) is 7.85. The zero-order valence-corrected chi connectivity index (χ0v) is 14.6. The summed E-state index contributed by atoms with van der Waals surface area (Å²) in [7, 11) is 0. The van der Waals surface area contributed by atoms with Crippen LogP contribution in [0.3, 0.4) is 0 Å². The molecule has 1 amide bonds. The molecular weight excluding hydrogens is 333 g/mol. The van der Waals surface area contributed by atoms with Crippen LogP contribution in [0.5, 0.6) is 0 Å². The van der Waals surface area contributed by atoms with Gasteiger partial charge in [0.25, 0.3) is 0 Å². The molecule has 120 valence electrons. The van der Waals surface area contributed by atoms with Gasteiger partial charge >= 0.3 is 0 Å². The second kappa shape index (κ2) is 6.73. The summed E-state index contributed by atoms with van der Waals surface area (Å²) in [4.78, 5) is 24.9. The van der Waals surface area contributed by atoms with Crippen molar-refractivity contribution >= 4 is 40.6 Å². The van der Waals surface area contributed by atoms with Crippen LogP contribution in [0.2, 0.25) is 10.0 Å². The van der Waals surface area contributed by atoms with Gasteiger partial charge in [0.15, 0.2) is 5.78 Å². The Morgan fingerprint density at radius 1 is 0.957 bits per heavy atom. The molecule has 0 atom stereocenters. The molecule has 2 aromatic rings. The molecule has 5 heteroatoms. The van der Waals surface area contributed by atoms with Crippen molar-refractivity contribution in [3.05, 3.63) is 63.6 Å². The highest BCUT2D eigenvalue weighted by molar-refractivity contribution is 6.32. The molecule has 3 nitrogen and oxygen atoms in total. The Kier molecular flexibility index (Phi) is 5.12. The smallest absolute Gasteiger partial charge is 0.229 e. The fraction of sp³-hybridized carbons (Fsp3) is 0.222. The van der Waals surface area contributed by atoms with E-state index in [0.717, 1.165) is 0 Å². The molecule has 23 heavy (non-hydrogen) atoms. The van der Waals surface area contributed by atoms with Gasteiger partial charge in [-0.05, 0) is 30.3 Å². The number of hydrogen-bond donors (Lipinski definition) is 1. The Balaban J connectivity index is 2.43. The summed E-state index contributed by atoms with van der Waals surface area (Å²) in [6.07, 6.45) is 0. The van der Waals surface area contributed by atoms with Crippen molar-refractivity contribution in [2.24, 2.45) is 5.41 Å². The molecule has 0 saturated heterocycles. The van der Waals surface area contributed by atoms with E-state index in [2.05, 4.69) is 5.32 Å². The van der Waals surface area contributed by atoms with Crippen molar-refractivity contribution in [1.29, 1.82) is 0 Å². The highest BCUT2D eigenvalue weighted by Crippen LogP contribution is 2.26. The standard InChI is InChI=1S/C18H17Cl2NO2/c1-18(2,3)17(23)21-15-8-7-13(20)10-14(15)16(22)11-5-4-6-12(19)9-11/h4-10H,1-3H3,(H,21,23). The molecule has 0 fully saturated rings. The molecular formula is C18H17Cl2NO2. The summed E-state index contributed by atoms with van der Waals surface area (Å²) < 4.78 is 0. The number of nitrogens with one attached hydrogen (secondary N) is 1. The lowest BCUT2D eigenvalue weighted by atomic mass is 9.95. The van der Waals surface area contributed by atoms with Crippen LogP contribution in [0.1, 0.15) is 36.7 Å². The van der Waals surface area contributed by atoms with Crippen molar-refractivity contribution in [2.45, 2.75) is 20.8 Å². The largest absolute Gasteiger partial charge is 0.325 e. The number of carbonyl (C=O) groups excluding carboxylic acids is 2. The van der Waals surface area contributed by atoms with E-state index in [9.17, 15) is 9.59 Å². The SMILES string of the molecule is CC(C)(C)C(=O)Nc1ccc(Cl)cc1C(=O)c1cccc(Cl)c1. The number of carbonyl (C=O) groups is 2. The summed E-state index contributed by atoms with van der Waals surface area (Å²) in [6.45, 7) is 5.41. The van der Waals surface area contributed by atoms with Gasteiger partial charge < -0.3 is 5.32 Å². The molecule has 0 aliphatic rings. The molecule has 0 radical (unpaired) electrons. The highest BCUT2D eigenvalue weighted by Gasteiger charge is 2.23. The van der Waals surface area contributed by atoms with Gasteiger partial charge in [-0.25, -0.2) is 0 Å². The van der Waals surface area contributed by atoms with Crippen LogP contribution in [-0.2, 0) is 4.79 Å². The number of hydrogen-bond acceptors (Lipinski definition) is 2. The third-order valence-corrected chi connectivity index (χ3v) is 3.71. The summed E-state index contributed by atoms with van der Waals surface area (Å²) in [5.41, 5.74) is 0.624. The van der Waals surface area contributed by atoms with Crippen LogP contribution >= 0.6 is 23.2 Å². The lowest BCUT2D eigenvalue weighted by Gasteiger charge is -2.19. The monoisotopic (exact) mass is 349 g/mol. The average molecular weight is 350 g/mol. The molecule has 0 aliphatic carbocycles. The van der Waals surface area contributed by atoms with E-state index >= 15 is 0 Å². The van der Waals surface area contributed by atoms with Gasteiger partial charge in [0.2, 0.25) is 5.91 Å². The van der Waals surface area contributed by atoms with E-state index < -0.39 is 5.41 Å². The highest BCUT2D eigenvalue weighted by atomic mass is 35.5. The first kappa shape index (κ1) is 17.5.